The van der Waals surface area contributed by atoms with Crippen LogP contribution in [0.4, 0.5) is 4.48 Å². The third kappa shape index (κ3) is 4.66. The number of halogens is 3. The Kier molecular flexibility index (Phi) is 6.48. The molecule has 0 spiro atoms. The molecule has 2 aliphatic rings. The van der Waals surface area contributed by atoms with Gasteiger partial charge < -0.3 is 14.4 Å². The van der Waals surface area contributed by atoms with Crippen molar-refractivity contribution in [2.24, 2.45) is 5.92 Å². The van der Waals surface area contributed by atoms with Crippen molar-refractivity contribution in [2.75, 3.05) is 32.8 Å². The molecular weight excluding hydrogens is 406 g/mol. The van der Waals surface area contributed by atoms with E-state index in [-0.39, 0.29) is 23.3 Å². The van der Waals surface area contributed by atoms with E-state index in [1.165, 1.54) is 0 Å². The van der Waals surface area contributed by atoms with Crippen molar-refractivity contribution in [3.05, 3.63) is 33.9 Å². The zero-order valence-corrected chi connectivity index (χ0v) is 17.0. The number of rotatable bonds is 6. The summed E-state index contributed by atoms with van der Waals surface area (Å²) in [5.74, 6) is 0.697. The summed E-state index contributed by atoms with van der Waals surface area (Å²) >= 11 is 12.2. The van der Waals surface area contributed by atoms with Gasteiger partial charge >= 0.3 is 0 Å². The molecule has 0 saturated carbocycles. The largest absolute Gasteiger partial charge is 0.381 e. The molecule has 0 N–H and O–H groups in total. The molecular formula is C19H23Cl2FN4O2. The summed E-state index contributed by atoms with van der Waals surface area (Å²) in [4.78, 5) is 2.69. The molecule has 1 unspecified atom stereocenters. The highest BCUT2D eigenvalue weighted by molar-refractivity contribution is 6.36. The first-order chi connectivity index (χ1) is 13.6. The fourth-order valence-electron chi connectivity index (χ4n) is 3.89. The van der Waals surface area contributed by atoms with Crippen LogP contribution >= 0.6 is 23.2 Å². The van der Waals surface area contributed by atoms with Gasteiger partial charge in [-0.3, -0.25) is 0 Å². The van der Waals surface area contributed by atoms with Crippen LogP contribution in [0.2, 0.25) is 10.0 Å². The number of nitrogens with zero attached hydrogens (tertiary/aromatic N) is 4. The molecule has 2 fully saturated rings. The van der Waals surface area contributed by atoms with Gasteiger partial charge in [0.1, 0.15) is 11.4 Å². The van der Waals surface area contributed by atoms with Crippen molar-refractivity contribution in [1.29, 1.82) is 0 Å². The van der Waals surface area contributed by atoms with E-state index in [4.69, 9.17) is 32.7 Å². The average Bonchev–Trinajstić information content (AvgIpc) is 3.27. The van der Waals surface area contributed by atoms with Crippen molar-refractivity contribution in [3.8, 4) is 11.3 Å². The highest BCUT2D eigenvalue weighted by atomic mass is 35.5. The topological polar surface area (TPSA) is 52.4 Å². The lowest BCUT2D eigenvalue weighted by atomic mass is 10.00. The van der Waals surface area contributed by atoms with Gasteiger partial charge in [-0.2, -0.15) is 0 Å². The molecule has 0 radical (unpaired) electrons. The molecule has 152 valence electrons. The summed E-state index contributed by atoms with van der Waals surface area (Å²) in [5.41, 5.74) is 1.22. The van der Waals surface area contributed by atoms with Crippen molar-refractivity contribution in [3.63, 3.8) is 0 Å². The van der Waals surface area contributed by atoms with Gasteiger partial charge in [0, 0.05) is 43.4 Å². The molecule has 0 bridgehead atoms. The SMILES string of the molecule is Fn1nnc(-c2ccc(Cl)cc2Cl)c1COC1CCN(CC2CCOCC2)C1. The molecule has 28 heavy (non-hydrogen) atoms. The molecule has 6 nitrogen and oxygen atoms in total. The summed E-state index contributed by atoms with van der Waals surface area (Å²) in [6.07, 6.45) is 3.26. The molecule has 1 aromatic carbocycles. The number of benzene rings is 1. The number of hydrogen-bond donors (Lipinski definition) is 0. The van der Waals surface area contributed by atoms with E-state index in [1.807, 2.05) is 0 Å². The second-order valence-electron chi connectivity index (χ2n) is 7.41. The van der Waals surface area contributed by atoms with Gasteiger partial charge in [-0.05, 0) is 48.6 Å². The molecule has 4 rings (SSSR count). The minimum atomic E-state index is 0.0725. The summed E-state index contributed by atoms with van der Waals surface area (Å²) in [6.45, 7) is 4.77. The minimum Gasteiger partial charge on any atom is -0.381 e. The highest BCUT2D eigenvalue weighted by Gasteiger charge is 2.27. The Morgan fingerprint density at radius 2 is 2.04 bits per heavy atom. The monoisotopic (exact) mass is 428 g/mol. The summed E-state index contributed by atoms with van der Waals surface area (Å²) < 4.78 is 25.6. The number of likely N-dealkylation sites (tertiary alicyclic amines) is 1. The van der Waals surface area contributed by atoms with Crippen LogP contribution < -0.4 is 0 Å². The van der Waals surface area contributed by atoms with Gasteiger partial charge in [-0.25, -0.2) is 0 Å². The van der Waals surface area contributed by atoms with Crippen LogP contribution in [-0.2, 0) is 16.1 Å². The highest BCUT2D eigenvalue weighted by Crippen LogP contribution is 2.32. The average molecular weight is 429 g/mol. The van der Waals surface area contributed by atoms with Gasteiger partial charge in [0.25, 0.3) is 0 Å². The Bertz CT molecular complexity index is 813. The maximum atomic E-state index is 14.1. The predicted molar refractivity (Wildman–Crippen MR) is 105 cm³/mol. The third-order valence-corrected chi connectivity index (χ3v) is 6.00. The summed E-state index contributed by atoms with van der Waals surface area (Å²) in [6, 6.07) is 5.00. The van der Waals surface area contributed by atoms with Crippen molar-refractivity contribution < 1.29 is 14.0 Å². The van der Waals surface area contributed by atoms with Crippen LogP contribution in [0, 0.1) is 5.92 Å². The molecule has 0 aliphatic carbocycles. The molecule has 0 amide bonds. The minimum absolute atomic E-state index is 0.0725. The van der Waals surface area contributed by atoms with E-state index in [0.717, 1.165) is 52.1 Å². The van der Waals surface area contributed by atoms with Crippen LogP contribution in [0.1, 0.15) is 25.0 Å². The Balaban J connectivity index is 1.36. The second-order valence-corrected chi connectivity index (χ2v) is 8.25. The fraction of sp³-hybridized carbons (Fsp3) is 0.579. The first kappa shape index (κ1) is 20.0. The van der Waals surface area contributed by atoms with Gasteiger partial charge in [0.05, 0.1) is 17.7 Å². The molecule has 3 heterocycles. The molecule has 2 aliphatic heterocycles. The smallest absolute Gasteiger partial charge is 0.128 e. The van der Waals surface area contributed by atoms with Crippen LogP contribution in [-0.4, -0.2) is 59.1 Å². The lowest BCUT2D eigenvalue weighted by molar-refractivity contribution is 0.0314. The van der Waals surface area contributed by atoms with Crippen molar-refractivity contribution >= 4 is 23.2 Å². The standard InChI is InChI=1S/C19H23Cl2FN4O2/c20-14-1-2-16(17(21)9-14)19-18(26(22)24-23-19)12-28-15-3-6-25(11-15)10-13-4-7-27-8-5-13/h1-2,9,13,15H,3-8,10-12H2. The number of ether oxygens (including phenoxy) is 2. The normalized spacial score (nSPS) is 21.5. The van der Waals surface area contributed by atoms with Gasteiger partial charge in [-0.15, -0.1) is 5.10 Å². The first-order valence-corrected chi connectivity index (χ1v) is 10.3. The van der Waals surface area contributed by atoms with E-state index in [0.29, 0.717) is 27.2 Å². The zero-order valence-electron chi connectivity index (χ0n) is 15.5. The van der Waals surface area contributed by atoms with Crippen molar-refractivity contribution in [1.82, 2.24) is 20.1 Å². The van der Waals surface area contributed by atoms with Crippen LogP contribution in [0.5, 0.6) is 0 Å². The van der Waals surface area contributed by atoms with E-state index in [2.05, 4.69) is 15.2 Å². The molecule has 2 saturated heterocycles. The Hall–Kier alpha value is -1.25. The van der Waals surface area contributed by atoms with Crippen molar-refractivity contribution in [2.45, 2.75) is 32.0 Å². The number of hydrogen-bond acceptors (Lipinski definition) is 5. The van der Waals surface area contributed by atoms with E-state index in [9.17, 15) is 4.48 Å². The number of aromatic nitrogens is 3. The summed E-state index contributed by atoms with van der Waals surface area (Å²) in [5, 5.41) is 8.33. The lowest BCUT2D eigenvalue weighted by Crippen LogP contribution is -2.31. The molecule has 1 atom stereocenters. The Labute approximate surface area is 173 Å². The Morgan fingerprint density at radius 1 is 1.21 bits per heavy atom. The molecule has 1 aromatic heterocycles. The van der Waals surface area contributed by atoms with Gasteiger partial charge in [-0.1, -0.05) is 32.6 Å². The zero-order chi connectivity index (χ0) is 19.5. The second kappa shape index (κ2) is 9.05. The lowest BCUT2D eigenvalue weighted by Gasteiger charge is -2.26. The van der Waals surface area contributed by atoms with E-state index in [1.54, 1.807) is 18.2 Å². The first-order valence-electron chi connectivity index (χ1n) is 9.58. The molecule has 2 aromatic rings. The maximum absolute atomic E-state index is 14.1. The summed E-state index contributed by atoms with van der Waals surface area (Å²) in [7, 11) is 0. The van der Waals surface area contributed by atoms with E-state index >= 15 is 0 Å². The maximum Gasteiger partial charge on any atom is 0.128 e. The van der Waals surface area contributed by atoms with Crippen LogP contribution in [0.15, 0.2) is 18.2 Å². The predicted octanol–water partition coefficient (Wildman–Crippen LogP) is 4.00. The Morgan fingerprint density at radius 3 is 2.82 bits per heavy atom. The van der Waals surface area contributed by atoms with Gasteiger partial charge in [0.15, 0.2) is 0 Å². The third-order valence-electron chi connectivity index (χ3n) is 5.45. The fourth-order valence-corrected chi connectivity index (χ4v) is 4.38. The van der Waals surface area contributed by atoms with Crippen LogP contribution in [0.3, 0.4) is 0 Å². The van der Waals surface area contributed by atoms with Gasteiger partial charge in [0.2, 0.25) is 0 Å². The molecule has 9 heteroatoms. The quantitative estimate of drug-likeness (QED) is 0.695. The van der Waals surface area contributed by atoms with E-state index < -0.39 is 0 Å². The van der Waals surface area contributed by atoms with Crippen LogP contribution in [0.25, 0.3) is 11.3 Å².